The Morgan fingerprint density at radius 1 is 0.607 bits per heavy atom. The van der Waals surface area contributed by atoms with Crippen LogP contribution >= 0.6 is 0 Å². The number of carbonyl (C=O) groups excluding carboxylic acids is 1. The van der Waals surface area contributed by atoms with Crippen LogP contribution in [0, 0.1) is 0 Å². The summed E-state index contributed by atoms with van der Waals surface area (Å²) in [5, 5.41) is 30.6. The van der Waals surface area contributed by atoms with Crippen LogP contribution in [0.5, 0.6) is 0 Å². The van der Waals surface area contributed by atoms with Crippen LogP contribution in [0.2, 0.25) is 0 Å². The molecule has 56 heavy (non-hydrogen) atoms. The Hall–Kier alpha value is -0.900. The highest BCUT2D eigenvalue weighted by Crippen LogP contribution is 2.26. The van der Waals surface area contributed by atoms with Gasteiger partial charge in [-0.25, -0.2) is 4.18 Å². The van der Waals surface area contributed by atoms with Gasteiger partial charge < -0.3 is 34.3 Å². The van der Waals surface area contributed by atoms with Crippen molar-refractivity contribution in [1.82, 2.24) is 0 Å². The summed E-state index contributed by atoms with van der Waals surface area (Å²) in [6.07, 6.45) is 27.0. The Labute approximate surface area is 341 Å². The molecule has 0 aliphatic carbocycles. The zero-order chi connectivity index (χ0) is 41.1. The van der Waals surface area contributed by atoms with Gasteiger partial charge in [-0.2, -0.15) is 8.42 Å². The maximum Gasteiger partial charge on any atom is 0.397 e. The fourth-order valence-electron chi connectivity index (χ4n) is 7.26. The van der Waals surface area contributed by atoms with E-state index in [1.165, 1.54) is 141 Å². The molecule has 1 aliphatic heterocycles. The van der Waals surface area contributed by atoms with Crippen LogP contribution in [-0.4, -0.2) is 97.5 Å². The van der Waals surface area contributed by atoms with Gasteiger partial charge in [0.1, 0.15) is 30.5 Å². The van der Waals surface area contributed by atoms with Crippen LogP contribution in [0.3, 0.4) is 0 Å². The molecular formula is C43H84O12S. The van der Waals surface area contributed by atoms with E-state index >= 15 is 0 Å². The Morgan fingerprint density at radius 3 is 1.43 bits per heavy atom. The van der Waals surface area contributed by atoms with Gasteiger partial charge in [0.05, 0.1) is 19.8 Å². The van der Waals surface area contributed by atoms with Crippen molar-refractivity contribution in [1.29, 1.82) is 0 Å². The lowest BCUT2D eigenvalue weighted by Gasteiger charge is -2.41. The number of hydrogen-bond donors (Lipinski definition) is 4. The van der Waals surface area contributed by atoms with Crippen LogP contribution in [-0.2, 0) is 38.3 Å². The van der Waals surface area contributed by atoms with Crippen LogP contribution in [0.1, 0.15) is 206 Å². The highest BCUT2D eigenvalue weighted by Gasteiger charge is 2.48. The van der Waals surface area contributed by atoms with E-state index in [1.54, 1.807) is 0 Å². The Morgan fingerprint density at radius 2 is 1.02 bits per heavy atom. The van der Waals surface area contributed by atoms with Crippen molar-refractivity contribution in [2.75, 3.05) is 26.4 Å². The first-order valence-corrected chi connectivity index (χ1v) is 24.2. The Bertz CT molecular complexity index is 999. The third-order valence-electron chi connectivity index (χ3n) is 10.7. The second-order valence-electron chi connectivity index (χ2n) is 16.0. The van der Waals surface area contributed by atoms with Crippen molar-refractivity contribution in [3.63, 3.8) is 0 Å². The molecule has 0 aromatic rings. The van der Waals surface area contributed by atoms with Crippen molar-refractivity contribution in [2.45, 2.75) is 243 Å². The van der Waals surface area contributed by atoms with E-state index in [2.05, 4.69) is 18.0 Å². The van der Waals surface area contributed by atoms with Gasteiger partial charge in [0.15, 0.2) is 6.29 Å². The van der Waals surface area contributed by atoms with Crippen LogP contribution in [0.4, 0.5) is 0 Å². The number of hydrogen-bond acceptors (Lipinski definition) is 11. The summed E-state index contributed by atoms with van der Waals surface area (Å²) < 4.78 is 59.0. The molecule has 0 bridgehead atoms. The first-order valence-electron chi connectivity index (χ1n) is 22.8. The molecule has 334 valence electrons. The van der Waals surface area contributed by atoms with E-state index in [1.807, 2.05) is 0 Å². The predicted octanol–water partition coefficient (Wildman–Crippen LogP) is 9.30. The van der Waals surface area contributed by atoms with Gasteiger partial charge in [-0.1, -0.05) is 187 Å². The van der Waals surface area contributed by atoms with E-state index in [0.29, 0.717) is 13.0 Å². The summed E-state index contributed by atoms with van der Waals surface area (Å²) in [6.45, 7) is 4.02. The predicted molar refractivity (Wildman–Crippen MR) is 221 cm³/mol. The summed E-state index contributed by atoms with van der Waals surface area (Å²) in [5.41, 5.74) is 0. The second kappa shape index (κ2) is 36.0. The zero-order valence-electron chi connectivity index (χ0n) is 35.5. The largest absolute Gasteiger partial charge is 0.457 e. The highest BCUT2D eigenvalue weighted by molar-refractivity contribution is 7.80. The smallest absolute Gasteiger partial charge is 0.397 e. The summed E-state index contributed by atoms with van der Waals surface area (Å²) >= 11 is 0. The van der Waals surface area contributed by atoms with Crippen molar-refractivity contribution >= 4 is 16.4 Å². The summed E-state index contributed by atoms with van der Waals surface area (Å²) in [7, 11) is -5.05. The Kier molecular flexibility index (Phi) is 34.1. The number of rotatable bonds is 40. The maximum absolute atomic E-state index is 12.8. The summed E-state index contributed by atoms with van der Waals surface area (Å²) in [4.78, 5) is 12.8. The molecule has 0 aromatic heterocycles. The highest BCUT2D eigenvalue weighted by atomic mass is 32.3. The minimum atomic E-state index is -5.05. The van der Waals surface area contributed by atoms with Gasteiger partial charge in [0, 0.05) is 13.0 Å². The molecule has 12 nitrogen and oxygen atoms in total. The fraction of sp³-hybridized carbons (Fsp3) is 0.977. The molecule has 13 heteroatoms. The molecule has 1 fully saturated rings. The monoisotopic (exact) mass is 825 g/mol. The van der Waals surface area contributed by atoms with Crippen LogP contribution < -0.4 is 0 Å². The molecular weight excluding hydrogens is 741 g/mol. The minimum Gasteiger partial charge on any atom is -0.457 e. The van der Waals surface area contributed by atoms with Gasteiger partial charge in [-0.15, -0.1) is 0 Å². The average Bonchev–Trinajstić information content (AvgIpc) is 3.17. The SMILES string of the molecule is CCCCCCCCCCCCCCCCCCOCC(COC1OC(CO)C(O)C(OS(=O)(=O)O)C1O)OC(=O)CCCCCCCCCCCCCCC. The third-order valence-corrected chi connectivity index (χ3v) is 11.2. The number of carbonyl (C=O) groups is 1. The molecule has 4 N–H and O–H groups in total. The Balaban J connectivity index is 2.41. The van der Waals surface area contributed by atoms with Gasteiger partial charge in [-0.05, 0) is 12.8 Å². The minimum absolute atomic E-state index is 0.0445. The lowest BCUT2D eigenvalue weighted by atomic mass is 9.99. The molecule has 0 saturated carbocycles. The molecule has 1 rings (SSSR count). The normalized spacial score (nSPS) is 20.7. The number of aliphatic hydroxyl groups excluding tert-OH is 3. The van der Waals surface area contributed by atoms with Crippen LogP contribution in [0.25, 0.3) is 0 Å². The van der Waals surface area contributed by atoms with Crippen LogP contribution in [0.15, 0.2) is 0 Å². The van der Waals surface area contributed by atoms with Gasteiger partial charge in [0.2, 0.25) is 0 Å². The number of unbranched alkanes of at least 4 members (excludes halogenated alkanes) is 27. The fourth-order valence-corrected chi connectivity index (χ4v) is 7.77. The molecule has 6 unspecified atom stereocenters. The quantitative estimate of drug-likeness (QED) is 0.0262. The molecule has 1 saturated heterocycles. The van der Waals surface area contributed by atoms with Crippen molar-refractivity contribution in [3.05, 3.63) is 0 Å². The maximum atomic E-state index is 12.8. The van der Waals surface area contributed by atoms with E-state index in [9.17, 15) is 28.5 Å². The topological polar surface area (TPSA) is 178 Å². The van der Waals surface area contributed by atoms with E-state index < -0.39 is 59.8 Å². The lowest BCUT2D eigenvalue weighted by molar-refractivity contribution is -0.301. The molecule has 0 amide bonds. The average molecular weight is 825 g/mol. The van der Waals surface area contributed by atoms with Crippen molar-refractivity contribution in [3.8, 4) is 0 Å². The first-order chi connectivity index (χ1) is 27.1. The zero-order valence-corrected chi connectivity index (χ0v) is 36.3. The molecule has 6 atom stereocenters. The van der Waals surface area contributed by atoms with Crippen molar-refractivity contribution < 1.29 is 56.2 Å². The molecule has 0 aromatic carbocycles. The number of aliphatic hydroxyl groups is 3. The second-order valence-corrected chi connectivity index (χ2v) is 17.1. The molecule has 1 aliphatic rings. The van der Waals surface area contributed by atoms with Gasteiger partial charge >= 0.3 is 16.4 Å². The standard InChI is InChI=1S/C43H84O12S/c1-3-5-7-9-11-13-15-17-18-19-21-23-25-27-29-31-33-51-35-37(36-52-43-41(47)42(55-56(48,49)50)40(46)38(34-44)54-43)53-39(45)32-30-28-26-24-22-20-16-14-12-10-8-6-4-2/h37-38,40-44,46-47H,3-36H2,1-2H3,(H,48,49,50). The molecule has 1 heterocycles. The van der Waals surface area contributed by atoms with E-state index in [-0.39, 0.29) is 19.6 Å². The molecule has 0 spiro atoms. The lowest BCUT2D eigenvalue weighted by Crippen LogP contribution is -2.60. The van der Waals surface area contributed by atoms with E-state index in [0.717, 1.165) is 38.5 Å². The first kappa shape index (κ1) is 53.1. The number of esters is 1. The van der Waals surface area contributed by atoms with Gasteiger partial charge in [0.25, 0.3) is 0 Å². The molecule has 0 radical (unpaired) electrons. The third kappa shape index (κ3) is 29.3. The van der Waals surface area contributed by atoms with Crippen molar-refractivity contribution in [2.24, 2.45) is 0 Å². The van der Waals surface area contributed by atoms with Gasteiger partial charge in [-0.3, -0.25) is 9.35 Å². The summed E-state index contributed by atoms with van der Waals surface area (Å²) in [6, 6.07) is 0. The summed E-state index contributed by atoms with van der Waals surface area (Å²) in [5.74, 6) is -0.394. The number of ether oxygens (including phenoxy) is 4. The van der Waals surface area contributed by atoms with E-state index in [4.69, 9.17) is 23.5 Å².